The molecule has 2 aromatic carbocycles. The van der Waals surface area contributed by atoms with Crippen molar-refractivity contribution in [3.05, 3.63) is 65.7 Å². The Morgan fingerprint density at radius 1 is 0.958 bits per heavy atom. The zero-order chi connectivity index (χ0) is 17.4. The van der Waals surface area contributed by atoms with Crippen LogP contribution in [0.25, 0.3) is 6.08 Å². The molecule has 0 aliphatic rings. The van der Waals surface area contributed by atoms with Gasteiger partial charge in [-0.15, -0.1) is 0 Å². The Bertz CT molecular complexity index is 673. The lowest BCUT2D eigenvalue weighted by molar-refractivity contribution is 0.104. The molecule has 0 aliphatic carbocycles. The van der Waals surface area contributed by atoms with E-state index in [4.69, 9.17) is 15.9 Å². The third-order valence-corrected chi connectivity index (χ3v) is 3.62. The minimum atomic E-state index is -0.0822. The van der Waals surface area contributed by atoms with E-state index in [-0.39, 0.29) is 19.0 Å². The van der Waals surface area contributed by atoms with Crippen LogP contribution < -0.4 is 10.6 Å². The predicted molar refractivity (Wildman–Crippen MR) is 97.0 cm³/mol. The van der Waals surface area contributed by atoms with Crippen molar-refractivity contribution in [2.24, 2.45) is 0 Å². The fourth-order valence-corrected chi connectivity index (χ4v) is 2.32. The van der Waals surface area contributed by atoms with Gasteiger partial charge in [0, 0.05) is 30.0 Å². The second kappa shape index (κ2) is 8.86. The van der Waals surface area contributed by atoms with Gasteiger partial charge in [-0.2, -0.15) is 0 Å². The van der Waals surface area contributed by atoms with E-state index in [1.165, 1.54) is 6.08 Å². The third-order valence-electron chi connectivity index (χ3n) is 3.62. The van der Waals surface area contributed by atoms with E-state index in [1.807, 2.05) is 29.2 Å². The molecule has 4 N–H and O–H groups in total. The lowest BCUT2D eigenvalue weighted by Crippen LogP contribution is -2.29. The van der Waals surface area contributed by atoms with Crippen molar-refractivity contribution in [1.82, 2.24) is 0 Å². The number of aliphatic hydroxyl groups excluding tert-OH is 2. The van der Waals surface area contributed by atoms with Gasteiger partial charge >= 0.3 is 0 Å². The van der Waals surface area contributed by atoms with Gasteiger partial charge in [-0.25, -0.2) is 0 Å². The van der Waals surface area contributed by atoms with Gasteiger partial charge in [0.2, 0.25) is 0 Å². The number of carbonyl (C=O) groups is 1. The quantitative estimate of drug-likeness (QED) is 0.392. The SMILES string of the molecule is Nc1ccc(C(=O)/C=C/c2ccc(N(CCO)CCO)cc2)cc1. The number of aliphatic hydroxyl groups is 2. The summed E-state index contributed by atoms with van der Waals surface area (Å²) in [4.78, 5) is 14.0. The van der Waals surface area contributed by atoms with Crippen molar-refractivity contribution in [2.75, 3.05) is 36.9 Å². The summed E-state index contributed by atoms with van der Waals surface area (Å²) in [7, 11) is 0. The molecule has 0 fully saturated rings. The number of nitrogen functional groups attached to an aromatic ring is 1. The van der Waals surface area contributed by atoms with E-state index in [0.29, 0.717) is 24.3 Å². The lowest BCUT2D eigenvalue weighted by atomic mass is 10.1. The largest absolute Gasteiger partial charge is 0.399 e. The van der Waals surface area contributed by atoms with Crippen LogP contribution in [0.3, 0.4) is 0 Å². The molecular weight excluding hydrogens is 304 g/mol. The number of hydrogen-bond donors (Lipinski definition) is 3. The van der Waals surface area contributed by atoms with E-state index < -0.39 is 0 Å². The van der Waals surface area contributed by atoms with Crippen LogP contribution in [0.15, 0.2) is 54.6 Å². The number of anilines is 2. The predicted octanol–water partition coefficient (Wildman–Crippen LogP) is 1.96. The zero-order valence-electron chi connectivity index (χ0n) is 13.4. The summed E-state index contributed by atoms with van der Waals surface area (Å²) in [5, 5.41) is 18.1. The third kappa shape index (κ3) is 4.94. The van der Waals surface area contributed by atoms with Gasteiger partial charge in [0.05, 0.1) is 13.2 Å². The van der Waals surface area contributed by atoms with Crippen LogP contribution >= 0.6 is 0 Å². The van der Waals surface area contributed by atoms with Gasteiger partial charge in [-0.05, 0) is 48.0 Å². The highest BCUT2D eigenvalue weighted by atomic mass is 16.3. The first-order chi connectivity index (χ1) is 11.6. The molecule has 0 atom stereocenters. The van der Waals surface area contributed by atoms with Crippen molar-refractivity contribution >= 4 is 23.2 Å². The Morgan fingerprint density at radius 2 is 1.54 bits per heavy atom. The highest BCUT2D eigenvalue weighted by Crippen LogP contribution is 2.16. The summed E-state index contributed by atoms with van der Waals surface area (Å²) in [5.41, 5.74) is 8.64. The standard InChI is InChI=1S/C19H22N2O3/c20-17-6-4-16(5-7-17)19(24)10-3-15-1-8-18(9-2-15)21(11-13-22)12-14-23/h1-10,22-23H,11-14,20H2/b10-3+. The van der Waals surface area contributed by atoms with Gasteiger partial charge in [-0.1, -0.05) is 18.2 Å². The minimum absolute atomic E-state index is 0.0255. The highest BCUT2D eigenvalue weighted by molar-refractivity contribution is 6.06. The minimum Gasteiger partial charge on any atom is -0.399 e. The van der Waals surface area contributed by atoms with E-state index in [9.17, 15) is 4.79 Å². The number of benzene rings is 2. The summed E-state index contributed by atoms with van der Waals surface area (Å²) in [6.07, 6.45) is 3.28. The summed E-state index contributed by atoms with van der Waals surface area (Å²) < 4.78 is 0. The number of hydrogen-bond acceptors (Lipinski definition) is 5. The molecule has 0 bridgehead atoms. The van der Waals surface area contributed by atoms with Crippen molar-refractivity contribution in [3.63, 3.8) is 0 Å². The first-order valence-corrected chi connectivity index (χ1v) is 7.78. The van der Waals surface area contributed by atoms with Crippen LogP contribution in [0.2, 0.25) is 0 Å². The van der Waals surface area contributed by atoms with Gasteiger partial charge in [0.15, 0.2) is 5.78 Å². The molecule has 0 saturated heterocycles. The van der Waals surface area contributed by atoms with Crippen molar-refractivity contribution in [1.29, 1.82) is 0 Å². The molecule has 0 aromatic heterocycles. The molecule has 5 heteroatoms. The first kappa shape index (κ1) is 17.7. The molecule has 2 aromatic rings. The average Bonchev–Trinajstić information content (AvgIpc) is 2.60. The van der Waals surface area contributed by atoms with Crippen molar-refractivity contribution in [2.45, 2.75) is 0 Å². The fraction of sp³-hybridized carbons (Fsp3) is 0.211. The van der Waals surface area contributed by atoms with Gasteiger partial charge in [0.25, 0.3) is 0 Å². The number of allylic oxidation sites excluding steroid dienone is 1. The van der Waals surface area contributed by atoms with E-state index in [2.05, 4.69) is 0 Å². The summed E-state index contributed by atoms with van der Waals surface area (Å²) in [5.74, 6) is -0.0822. The van der Waals surface area contributed by atoms with Crippen molar-refractivity contribution in [3.8, 4) is 0 Å². The molecule has 0 aliphatic heterocycles. The molecule has 0 amide bonds. The first-order valence-electron chi connectivity index (χ1n) is 7.78. The fourth-order valence-electron chi connectivity index (χ4n) is 2.32. The normalized spacial score (nSPS) is 10.9. The van der Waals surface area contributed by atoms with Gasteiger partial charge in [0.1, 0.15) is 0 Å². The van der Waals surface area contributed by atoms with Gasteiger partial charge < -0.3 is 20.8 Å². The van der Waals surface area contributed by atoms with Crippen molar-refractivity contribution < 1.29 is 15.0 Å². The lowest BCUT2D eigenvalue weighted by Gasteiger charge is -2.22. The average molecular weight is 326 g/mol. The number of carbonyl (C=O) groups excluding carboxylic acids is 1. The number of ketones is 1. The number of rotatable bonds is 8. The van der Waals surface area contributed by atoms with E-state index >= 15 is 0 Å². The maximum Gasteiger partial charge on any atom is 0.185 e. The Labute approximate surface area is 141 Å². The van der Waals surface area contributed by atoms with Crippen LogP contribution in [0.4, 0.5) is 11.4 Å². The van der Waals surface area contributed by atoms with Crippen LogP contribution in [-0.4, -0.2) is 42.3 Å². The summed E-state index contributed by atoms with van der Waals surface area (Å²) >= 11 is 0. The molecule has 5 nitrogen and oxygen atoms in total. The van der Waals surface area contributed by atoms with Crippen LogP contribution in [-0.2, 0) is 0 Å². The maximum atomic E-state index is 12.1. The van der Waals surface area contributed by atoms with Gasteiger partial charge in [-0.3, -0.25) is 4.79 Å². The van der Waals surface area contributed by atoms with E-state index in [0.717, 1.165) is 11.3 Å². The van der Waals surface area contributed by atoms with Crippen LogP contribution in [0.5, 0.6) is 0 Å². The van der Waals surface area contributed by atoms with E-state index in [1.54, 1.807) is 30.3 Å². The number of nitrogens with zero attached hydrogens (tertiary/aromatic N) is 1. The molecule has 0 unspecified atom stereocenters. The number of nitrogens with two attached hydrogens (primary N) is 1. The Hall–Kier alpha value is -2.63. The second-order valence-electron chi connectivity index (χ2n) is 5.35. The molecule has 126 valence electrons. The summed E-state index contributed by atoms with van der Waals surface area (Å²) in [6.45, 7) is 0.978. The molecule has 0 spiro atoms. The smallest absolute Gasteiger partial charge is 0.185 e. The topological polar surface area (TPSA) is 86.8 Å². The van der Waals surface area contributed by atoms with Crippen LogP contribution in [0.1, 0.15) is 15.9 Å². The zero-order valence-corrected chi connectivity index (χ0v) is 13.4. The maximum absolute atomic E-state index is 12.1. The summed E-state index contributed by atoms with van der Waals surface area (Å²) in [6, 6.07) is 14.4. The highest BCUT2D eigenvalue weighted by Gasteiger charge is 2.05. The van der Waals surface area contributed by atoms with Crippen LogP contribution in [0, 0.1) is 0 Å². The molecule has 0 radical (unpaired) electrons. The molecule has 0 heterocycles. The second-order valence-corrected chi connectivity index (χ2v) is 5.35. The Balaban J connectivity index is 2.04. The molecule has 2 rings (SSSR count). The molecule has 24 heavy (non-hydrogen) atoms. The monoisotopic (exact) mass is 326 g/mol. The Morgan fingerprint density at radius 3 is 2.08 bits per heavy atom. The Kier molecular flexibility index (Phi) is 6.54. The molecular formula is C19H22N2O3. The molecule has 0 saturated carbocycles.